The van der Waals surface area contributed by atoms with Crippen LogP contribution in [0.2, 0.25) is 0 Å². The molecule has 0 aromatic carbocycles. The largest absolute Gasteiger partial charge is 0.383 e. The van der Waals surface area contributed by atoms with Crippen molar-refractivity contribution in [1.29, 1.82) is 0 Å². The Morgan fingerprint density at radius 3 is 2.63 bits per heavy atom. The minimum absolute atomic E-state index is 0.739. The normalized spacial score (nSPS) is 10.7. The van der Waals surface area contributed by atoms with Crippen molar-refractivity contribution in [1.82, 2.24) is 10.3 Å². The van der Waals surface area contributed by atoms with Crippen LogP contribution in [0.15, 0.2) is 18.3 Å². The second-order valence-electron chi connectivity index (χ2n) is 4.64. The van der Waals surface area contributed by atoms with Gasteiger partial charge in [0.25, 0.3) is 0 Å². The molecule has 1 N–H and O–H groups in total. The SMILES string of the molecule is CCCN(CCC)c1ncccc1CNCCOC. The zero-order valence-corrected chi connectivity index (χ0v) is 12.5. The fourth-order valence-electron chi connectivity index (χ4n) is 2.11. The van der Waals surface area contributed by atoms with Gasteiger partial charge in [0.15, 0.2) is 0 Å². The van der Waals surface area contributed by atoms with Crippen LogP contribution in [0.1, 0.15) is 32.3 Å². The fourth-order valence-corrected chi connectivity index (χ4v) is 2.11. The van der Waals surface area contributed by atoms with E-state index in [1.807, 2.05) is 12.3 Å². The number of hydrogen-bond donors (Lipinski definition) is 1. The summed E-state index contributed by atoms with van der Waals surface area (Å²) in [6.07, 6.45) is 4.17. The molecule has 0 saturated heterocycles. The van der Waals surface area contributed by atoms with Crippen LogP contribution in [0.5, 0.6) is 0 Å². The number of aromatic nitrogens is 1. The second-order valence-corrected chi connectivity index (χ2v) is 4.64. The summed E-state index contributed by atoms with van der Waals surface area (Å²) in [5.74, 6) is 1.12. The Labute approximate surface area is 117 Å². The van der Waals surface area contributed by atoms with E-state index in [1.165, 1.54) is 5.56 Å². The van der Waals surface area contributed by atoms with E-state index in [0.717, 1.165) is 51.4 Å². The van der Waals surface area contributed by atoms with Gasteiger partial charge in [-0.15, -0.1) is 0 Å². The topological polar surface area (TPSA) is 37.4 Å². The van der Waals surface area contributed by atoms with Crippen LogP contribution in [0.25, 0.3) is 0 Å². The molecule has 1 aromatic rings. The maximum absolute atomic E-state index is 5.05. The Hall–Kier alpha value is -1.13. The summed E-state index contributed by atoms with van der Waals surface area (Å²) in [6, 6.07) is 4.16. The minimum atomic E-state index is 0.739. The van der Waals surface area contributed by atoms with Gasteiger partial charge in [0.1, 0.15) is 5.82 Å². The van der Waals surface area contributed by atoms with Crippen LogP contribution in [-0.2, 0) is 11.3 Å². The van der Waals surface area contributed by atoms with Crippen LogP contribution in [0, 0.1) is 0 Å². The van der Waals surface area contributed by atoms with Gasteiger partial charge in [-0.2, -0.15) is 0 Å². The van der Waals surface area contributed by atoms with E-state index in [1.54, 1.807) is 7.11 Å². The number of hydrogen-bond acceptors (Lipinski definition) is 4. The van der Waals surface area contributed by atoms with E-state index in [2.05, 4.69) is 35.1 Å². The summed E-state index contributed by atoms with van der Waals surface area (Å²) in [5, 5.41) is 3.39. The molecule has 0 spiro atoms. The summed E-state index contributed by atoms with van der Waals surface area (Å²) in [6.45, 7) is 9.00. The van der Waals surface area contributed by atoms with Crippen LogP contribution >= 0.6 is 0 Å². The molecule has 1 heterocycles. The molecule has 4 nitrogen and oxygen atoms in total. The Bertz CT molecular complexity index is 338. The van der Waals surface area contributed by atoms with Gasteiger partial charge in [0, 0.05) is 45.0 Å². The van der Waals surface area contributed by atoms with Crippen molar-refractivity contribution < 1.29 is 4.74 Å². The maximum Gasteiger partial charge on any atom is 0.133 e. The third kappa shape index (κ3) is 5.57. The molecule has 0 aliphatic carbocycles. The number of nitrogens with zero attached hydrogens (tertiary/aromatic N) is 2. The second kappa shape index (κ2) is 9.75. The predicted octanol–water partition coefficient (Wildman–Crippen LogP) is 2.44. The third-order valence-electron chi connectivity index (χ3n) is 2.95. The number of ether oxygens (including phenoxy) is 1. The molecule has 0 bridgehead atoms. The molecule has 0 amide bonds. The summed E-state index contributed by atoms with van der Waals surface area (Å²) in [7, 11) is 1.72. The first-order valence-electron chi connectivity index (χ1n) is 7.22. The van der Waals surface area contributed by atoms with Gasteiger partial charge in [0.2, 0.25) is 0 Å². The monoisotopic (exact) mass is 265 g/mol. The fraction of sp³-hybridized carbons (Fsp3) is 0.667. The molecule has 0 unspecified atom stereocenters. The third-order valence-corrected chi connectivity index (χ3v) is 2.95. The predicted molar refractivity (Wildman–Crippen MR) is 80.6 cm³/mol. The molecule has 1 rings (SSSR count). The maximum atomic E-state index is 5.05. The Balaban J connectivity index is 2.69. The molecule has 0 saturated carbocycles. The zero-order chi connectivity index (χ0) is 13.9. The highest BCUT2D eigenvalue weighted by molar-refractivity contribution is 5.46. The summed E-state index contributed by atoms with van der Waals surface area (Å²) >= 11 is 0. The number of anilines is 1. The quantitative estimate of drug-likeness (QED) is 0.659. The Morgan fingerprint density at radius 2 is 2.00 bits per heavy atom. The highest BCUT2D eigenvalue weighted by atomic mass is 16.5. The number of methoxy groups -OCH3 is 1. The first-order chi connectivity index (χ1) is 9.33. The standard InChI is InChI=1S/C15H27N3O/c1-4-10-18(11-5-2)15-14(7-6-8-17-15)13-16-9-12-19-3/h6-8,16H,4-5,9-13H2,1-3H3. The van der Waals surface area contributed by atoms with Gasteiger partial charge in [-0.05, 0) is 18.9 Å². The van der Waals surface area contributed by atoms with Gasteiger partial charge < -0.3 is 15.0 Å². The summed E-state index contributed by atoms with van der Waals surface area (Å²) in [4.78, 5) is 6.95. The molecule has 0 fully saturated rings. The molecule has 0 atom stereocenters. The lowest BCUT2D eigenvalue weighted by Crippen LogP contribution is -2.28. The Kier molecular flexibility index (Phi) is 8.18. The average molecular weight is 265 g/mol. The molecule has 0 aliphatic rings. The Morgan fingerprint density at radius 1 is 1.26 bits per heavy atom. The molecular weight excluding hydrogens is 238 g/mol. The van der Waals surface area contributed by atoms with Crippen molar-refractivity contribution in [2.75, 3.05) is 38.3 Å². The van der Waals surface area contributed by atoms with Gasteiger partial charge in [-0.1, -0.05) is 19.9 Å². The number of rotatable bonds is 10. The highest BCUT2D eigenvalue weighted by Crippen LogP contribution is 2.17. The van der Waals surface area contributed by atoms with Crippen molar-refractivity contribution in [2.45, 2.75) is 33.2 Å². The highest BCUT2D eigenvalue weighted by Gasteiger charge is 2.10. The van der Waals surface area contributed by atoms with Crippen molar-refractivity contribution >= 4 is 5.82 Å². The van der Waals surface area contributed by atoms with E-state index < -0.39 is 0 Å². The van der Waals surface area contributed by atoms with Gasteiger partial charge in [-0.25, -0.2) is 4.98 Å². The van der Waals surface area contributed by atoms with E-state index in [9.17, 15) is 0 Å². The number of nitrogens with one attached hydrogen (secondary N) is 1. The first-order valence-corrected chi connectivity index (χ1v) is 7.22. The molecule has 0 radical (unpaired) electrons. The molecule has 108 valence electrons. The lowest BCUT2D eigenvalue weighted by molar-refractivity contribution is 0.199. The van der Waals surface area contributed by atoms with Crippen molar-refractivity contribution in [3.8, 4) is 0 Å². The molecule has 19 heavy (non-hydrogen) atoms. The number of pyridine rings is 1. The van der Waals surface area contributed by atoms with E-state index >= 15 is 0 Å². The van der Waals surface area contributed by atoms with Crippen molar-refractivity contribution in [2.24, 2.45) is 0 Å². The zero-order valence-electron chi connectivity index (χ0n) is 12.5. The van der Waals surface area contributed by atoms with Crippen LogP contribution in [0.3, 0.4) is 0 Å². The van der Waals surface area contributed by atoms with E-state index in [4.69, 9.17) is 4.74 Å². The van der Waals surface area contributed by atoms with E-state index in [0.29, 0.717) is 0 Å². The molecule has 0 aliphatic heterocycles. The van der Waals surface area contributed by atoms with Crippen molar-refractivity contribution in [3.05, 3.63) is 23.9 Å². The smallest absolute Gasteiger partial charge is 0.133 e. The summed E-state index contributed by atoms with van der Waals surface area (Å²) in [5.41, 5.74) is 1.26. The van der Waals surface area contributed by atoms with Gasteiger partial charge >= 0.3 is 0 Å². The lowest BCUT2D eigenvalue weighted by atomic mass is 10.2. The van der Waals surface area contributed by atoms with Crippen LogP contribution in [-0.4, -0.2) is 38.3 Å². The van der Waals surface area contributed by atoms with Crippen LogP contribution < -0.4 is 10.2 Å². The molecular formula is C15H27N3O. The van der Waals surface area contributed by atoms with Gasteiger partial charge in [0.05, 0.1) is 6.61 Å². The van der Waals surface area contributed by atoms with Gasteiger partial charge in [-0.3, -0.25) is 0 Å². The minimum Gasteiger partial charge on any atom is -0.383 e. The first kappa shape index (κ1) is 15.9. The average Bonchev–Trinajstić information content (AvgIpc) is 2.44. The van der Waals surface area contributed by atoms with Crippen LogP contribution in [0.4, 0.5) is 5.82 Å². The molecule has 4 heteroatoms. The van der Waals surface area contributed by atoms with E-state index in [-0.39, 0.29) is 0 Å². The molecule has 1 aromatic heterocycles. The van der Waals surface area contributed by atoms with Crippen molar-refractivity contribution in [3.63, 3.8) is 0 Å². The summed E-state index contributed by atoms with van der Waals surface area (Å²) < 4.78 is 5.05. The lowest BCUT2D eigenvalue weighted by Gasteiger charge is -2.25.